The van der Waals surface area contributed by atoms with Crippen molar-refractivity contribution in [1.29, 1.82) is 0 Å². The number of H-pyrrole nitrogens is 1. The first-order valence-electron chi connectivity index (χ1n) is 12.3. The van der Waals surface area contributed by atoms with Gasteiger partial charge in [-0.1, -0.05) is 0 Å². The van der Waals surface area contributed by atoms with Crippen LogP contribution in [0.5, 0.6) is 5.88 Å². The largest absolute Gasteiger partial charge is 0.471 e. The van der Waals surface area contributed by atoms with Crippen molar-refractivity contribution in [2.75, 3.05) is 5.73 Å². The maximum atomic E-state index is 13.7. The molecule has 4 N–H and O–H groups in total. The van der Waals surface area contributed by atoms with E-state index in [1.54, 1.807) is 39.0 Å². The highest BCUT2D eigenvalue weighted by atomic mass is 19.3. The number of aromatic amines is 1. The summed E-state index contributed by atoms with van der Waals surface area (Å²) in [6, 6.07) is 11.5. The third kappa shape index (κ3) is 6.11. The predicted octanol–water partition coefficient (Wildman–Crippen LogP) is 4.55. The van der Waals surface area contributed by atoms with E-state index in [0.717, 1.165) is 0 Å². The molecule has 11 nitrogen and oxygen atoms in total. The molecule has 0 radical (unpaired) electrons. The molecule has 0 amide bonds. The van der Waals surface area contributed by atoms with Gasteiger partial charge in [-0.3, -0.25) is 9.97 Å². The maximum Gasteiger partial charge on any atom is 0.280 e. The Balaban J connectivity index is 1.64. The number of tetrazole rings is 1. The molecule has 41 heavy (non-hydrogen) atoms. The number of aromatic nitrogens is 8. The number of hydrogen-bond acceptors (Lipinski definition) is 10. The summed E-state index contributed by atoms with van der Waals surface area (Å²) < 4.78 is 47.2. The van der Waals surface area contributed by atoms with Crippen molar-refractivity contribution < 1.29 is 23.0 Å². The minimum absolute atomic E-state index is 0.0285. The van der Waals surface area contributed by atoms with E-state index in [-0.39, 0.29) is 35.5 Å². The Morgan fingerprint density at radius 3 is 2.39 bits per heavy atom. The Morgan fingerprint density at radius 1 is 0.976 bits per heavy atom. The van der Waals surface area contributed by atoms with Gasteiger partial charge in [-0.25, -0.2) is 18.2 Å². The molecular weight excluding hydrogens is 539 g/mol. The van der Waals surface area contributed by atoms with Crippen LogP contribution in [0.25, 0.3) is 33.8 Å². The van der Waals surface area contributed by atoms with E-state index in [1.165, 1.54) is 30.3 Å². The average molecular weight is 564 g/mol. The topological polar surface area (TPSA) is 162 Å². The lowest BCUT2D eigenvalue weighted by atomic mass is 9.99. The standard InChI is InChI=1S/C27H24F3N9O2/c1-13-8-15(10-19(32-13)23(29)30)21-22(14-4-6-17(28)7-5-14)34-26(31)35-25(21)41-12-18-9-16(24-36-38-39-37-24)11-20(33-18)27(2,3)40/h4-11,23,40H,12H2,1-3H3,(H2,31,34,35)(H,36,37,38,39). The number of nitrogens with two attached hydrogens (primary N) is 1. The number of benzene rings is 1. The first-order valence-corrected chi connectivity index (χ1v) is 12.3. The molecule has 5 aromatic rings. The molecule has 5 rings (SSSR count). The molecule has 4 heterocycles. The molecule has 0 fully saturated rings. The van der Waals surface area contributed by atoms with E-state index in [9.17, 15) is 18.3 Å². The Hall–Kier alpha value is -4.98. The SMILES string of the molecule is Cc1cc(-c2c(OCc3cc(-c4nn[nH]n4)cc(C(C)(C)O)n3)nc(N)nc2-c2ccc(F)cc2)cc(C(F)F)n1. The molecule has 0 aliphatic carbocycles. The van der Waals surface area contributed by atoms with E-state index >= 15 is 0 Å². The number of pyridine rings is 2. The summed E-state index contributed by atoms with van der Waals surface area (Å²) in [5.74, 6) is -0.381. The third-order valence-corrected chi connectivity index (χ3v) is 5.96. The summed E-state index contributed by atoms with van der Waals surface area (Å²) in [4.78, 5) is 17.0. The van der Waals surface area contributed by atoms with Gasteiger partial charge in [-0.15, -0.1) is 10.2 Å². The van der Waals surface area contributed by atoms with Crippen LogP contribution >= 0.6 is 0 Å². The molecule has 0 saturated carbocycles. The minimum atomic E-state index is -2.83. The fourth-order valence-electron chi connectivity index (χ4n) is 4.12. The van der Waals surface area contributed by atoms with Crippen LogP contribution in [0.1, 0.15) is 43.0 Å². The number of hydrogen-bond donors (Lipinski definition) is 3. The van der Waals surface area contributed by atoms with Crippen molar-refractivity contribution >= 4 is 5.95 Å². The van der Waals surface area contributed by atoms with E-state index in [4.69, 9.17) is 10.5 Å². The van der Waals surface area contributed by atoms with Gasteiger partial charge in [0.1, 0.15) is 23.7 Å². The van der Waals surface area contributed by atoms with Crippen LogP contribution in [-0.2, 0) is 12.2 Å². The summed E-state index contributed by atoms with van der Waals surface area (Å²) in [6.45, 7) is 4.55. The maximum absolute atomic E-state index is 13.7. The molecule has 0 saturated heterocycles. The molecule has 210 valence electrons. The molecule has 14 heteroatoms. The van der Waals surface area contributed by atoms with Crippen molar-refractivity contribution in [2.24, 2.45) is 0 Å². The van der Waals surface area contributed by atoms with Crippen LogP contribution in [0.2, 0.25) is 0 Å². The van der Waals surface area contributed by atoms with E-state index in [2.05, 4.69) is 40.6 Å². The number of rotatable bonds is 8. The number of aryl methyl sites for hydroxylation is 1. The molecule has 0 aliphatic heterocycles. The predicted molar refractivity (Wildman–Crippen MR) is 142 cm³/mol. The molecular formula is C27H24F3N9O2. The van der Waals surface area contributed by atoms with Gasteiger partial charge >= 0.3 is 0 Å². The summed E-state index contributed by atoms with van der Waals surface area (Å²) in [5, 5.41) is 24.6. The monoisotopic (exact) mass is 563 g/mol. The van der Waals surface area contributed by atoms with Crippen LogP contribution < -0.4 is 10.5 Å². The minimum Gasteiger partial charge on any atom is -0.471 e. The van der Waals surface area contributed by atoms with E-state index < -0.39 is 23.5 Å². The zero-order chi connectivity index (χ0) is 29.3. The van der Waals surface area contributed by atoms with Gasteiger partial charge in [-0.2, -0.15) is 10.2 Å². The summed E-state index contributed by atoms with van der Waals surface area (Å²) in [7, 11) is 0. The lowest BCUT2D eigenvalue weighted by molar-refractivity contribution is 0.0734. The number of alkyl halides is 2. The number of nitrogens with one attached hydrogen (secondary N) is 1. The Kier molecular flexibility index (Phi) is 7.32. The number of ether oxygens (including phenoxy) is 1. The van der Waals surface area contributed by atoms with Crippen molar-refractivity contribution in [2.45, 2.75) is 39.4 Å². The van der Waals surface area contributed by atoms with Gasteiger partial charge in [0.25, 0.3) is 6.43 Å². The number of aliphatic hydroxyl groups is 1. The van der Waals surface area contributed by atoms with Crippen LogP contribution in [0.15, 0.2) is 48.5 Å². The summed E-state index contributed by atoms with van der Waals surface area (Å²) in [5.41, 5.74) is 7.05. The highest BCUT2D eigenvalue weighted by Gasteiger charge is 2.24. The van der Waals surface area contributed by atoms with Gasteiger partial charge in [0.2, 0.25) is 17.7 Å². The zero-order valence-corrected chi connectivity index (χ0v) is 22.1. The third-order valence-electron chi connectivity index (χ3n) is 5.96. The van der Waals surface area contributed by atoms with Crippen LogP contribution in [-0.4, -0.2) is 45.7 Å². The van der Waals surface area contributed by atoms with E-state index in [1.807, 2.05) is 0 Å². The molecule has 0 aliphatic rings. The van der Waals surface area contributed by atoms with Gasteiger partial charge in [0.05, 0.1) is 22.6 Å². The van der Waals surface area contributed by atoms with Crippen LogP contribution in [0.3, 0.4) is 0 Å². The molecule has 0 atom stereocenters. The second-order valence-corrected chi connectivity index (χ2v) is 9.66. The lowest BCUT2D eigenvalue weighted by Gasteiger charge is -2.19. The quantitative estimate of drug-likeness (QED) is 0.244. The number of nitrogen functional groups attached to an aromatic ring is 1. The van der Waals surface area contributed by atoms with Gasteiger partial charge in [-0.05, 0) is 80.1 Å². The highest BCUT2D eigenvalue weighted by molar-refractivity contribution is 5.85. The fourth-order valence-corrected chi connectivity index (χ4v) is 4.12. The van der Waals surface area contributed by atoms with Crippen molar-refractivity contribution in [3.63, 3.8) is 0 Å². The van der Waals surface area contributed by atoms with Crippen molar-refractivity contribution in [1.82, 2.24) is 40.6 Å². The first kappa shape index (κ1) is 27.6. The molecule has 0 unspecified atom stereocenters. The van der Waals surface area contributed by atoms with Gasteiger partial charge in [0, 0.05) is 16.8 Å². The fraction of sp³-hybridized carbons (Fsp3) is 0.222. The molecule has 1 aromatic carbocycles. The molecule has 0 bridgehead atoms. The smallest absolute Gasteiger partial charge is 0.280 e. The van der Waals surface area contributed by atoms with Gasteiger partial charge < -0.3 is 15.6 Å². The molecule has 0 spiro atoms. The lowest BCUT2D eigenvalue weighted by Crippen LogP contribution is -2.19. The summed E-state index contributed by atoms with van der Waals surface area (Å²) in [6.07, 6.45) is -2.83. The second-order valence-electron chi connectivity index (χ2n) is 9.66. The number of anilines is 1. The van der Waals surface area contributed by atoms with Crippen LogP contribution in [0.4, 0.5) is 19.1 Å². The summed E-state index contributed by atoms with van der Waals surface area (Å²) >= 11 is 0. The van der Waals surface area contributed by atoms with E-state index in [0.29, 0.717) is 33.8 Å². The Morgan fingerprint density at radius 2 is 1.73 bits per heavy atom. The Bertz CT molecular complexity index is 1690. The van der Waals surface area contributed by atoms with Gasteiger partial charge in [0.15, 0.2) is 0 Å². The second kappa shape index (κ2) is 10.9. The number of halogens is 3. The van der Waals surface area contributed by atoms with Crippen molar-refractivity contribution in [3.8, 4) is 39.7 Å². The molecule has 4 aromatic heterocycles. The zero-order valence-electron chi connectivity index (χ0n) is 22.1. The Labute approximate surface area is 231 Å². The van der Waals surface area contributed by atoms with Crippen molar-refractivity contribution in [3.05, 3.63) is 77.1 Å². The number of nitrogens with zero attached hydrogens (tertiary/aromatic N) is 7. The first-order chi connectivity index (χ1) is 19.5. The normalized spacial score (nSPS) is 11.7. The highest BCUT2D eigenvalue weighted by Crippen LogP contribution is 2.39. The van der Waals surface area contributed by atoms with Crippen LogP contribution in [0, 0.1) is 12.7 Å². The average Bonchev–Trinajstić information content (AvgIpc) is 3.46.